The van der Waals surface area contributed by atoms with Gasteiger partial charge in [-0.25, -0.2) is 4.39 Å². The van der Waals surface area contributed by atoms with Crippen LogP contribution in [0.4, 0.5) is 10.1 Å². The highest BCUT2D eigenvalue weighted by Crippen LogP contribution is 2.25. The third-order valence-corrected chi connectivity index (χ3v) is 2.69. The molecule has 2 rings (SSSR count). The van der Waals surface area contributed by atoms with Crippen LogP contribution in [0.3, 0.4) is 0 Å². The Hall–Kier alpha value is -2.56. The van der Waals surface area contributed by atoms with Gasteiger partial charge >= 0.3 is 0 Å². The normalized spacial score (nSPS) is 10.2. The van der Waals surface area contributed by atoms with Gasteiger partial charge in [0.2, 0.25) is 0 Å². The Bertz CT molecular complexity index is 620. The topological polar surface area (TPSA) is 69.6 Å². The Morgan fingerprint density at radius 1 is 1.21 bits per heavy atom. The third-order valence-electron chi connectivity index (χ3n) is 2.69. The molecule has 1 amide bonds. The molecule has 0 bridgehead atoms. The second kappa shape index (κ2) is 4.97. The maximum atomic E-state index is 13.6. The molecule has 2 aromatic carbocycles. The number of carbonyl (C=O) groups excluding carboxylic acids is 1. The summed E-state index contributed by atoms with van der Waals surface area (Å²) in [6, 6.07) is 8.01. The number of aromatic hydroxyl groups is 2. The maximum Gasteiger partial charge on any atom is 0.259 e. The fraction of sp³-hybridized carbons (Fsp3) is 0.0714. The lowest BCUT2D eigenvalue weighted by atomic mass is 10.1. The largest absolute Gasteiger partial charge is 0.508 e. The number of aryl methyl sites for hydroxylation is 1. The second-order valence-corrected chi connectivity index (χ2v) is 4.09. The van der Waals surface area contributed by atoms with Crippen LogP contribution in [0.5, 0.6) is 11.5 Å². The molecule has 4 nitrogen and oxygen atoms in total. The number of hydrogen-bond donors (Lipinski definition) is 3. The number of hydrogen-bond acceptors (Lipinski definition) is 3. The van der Waals surface area contributed by atoms with Gasteiger partial charge in [-0.1, -0.05) is 12.1 Å². The minimum absolute atomic E-state index is 0.0412. The monoisotopic (exact) mass is 261 g/mol. The first-order valence-electron chi connectivity index (χ1n) is 5.57. The second-order valence-electron chi connectivity index (χ2n) is 4.09. The quantitative estimate of drug-likeness (QED) is 0.778. The fourth-order valence-electron chi connectivity index (χ4n) is 1.68. The van der Waals surface area contributed by atoms with Crippen molar-refractivity contribution in [2.24, 2.45) is 0 Å². The van der Waals surface area contributed by atoms with E-state index >= 15 is 0 Å². The average molecular weight is 261 g/mol. The molecule has 98 valence electrons. The Morgan fingerprint density at radius 2 is 1.95 bits per heavy atom. The molecule has 2 aromatic rings. The zero-order valence-corrected chi connectivity index (χ0v) is 10.1. The molecule has 0 atom stereocenters. The van der Waals surface area contributed by atoms with E-state index in [-0.39, 0.29) is 22.7 Å². The van der Waals surface area contributed by atoms with Crippen LogP contribution in [0.2, 0.25) is 0 Å². The SMILES string of the molecule is Cc1cccc(F)c1NC(=O)c1ccc(O)cc1O. The van der Waals surface area contributed by atoms with E-state index in [0.29, 0.717) is 5.56 Å². The summed E-state index contributed by atoms with van der Waals surface area (Å²) in [4.78, 5) is 11.9. The highest BCUT2D eigenvalue weighted by Gasteiger charge is 2.14. The van der Waals surface area contributed by atoms with Crippen LogP contribution in [0.1, 0.15) is 15.9 Å². The van der Waals surface area contributed by atoms with E-state index in [9.17, 15) is 14.3 Å². The first-order chi connectivity index (χ1) is 8.99. The number of phenolic OH excluding ortho intramolecular Hbond substituents is 2. The van der Waals surface area contributed by atoms with Gasteiger partial charge in [0.15, 0.2) is 0 Å². The summed E-state index contributed by atoms with van der Waals surface area (Å²) in [6.45, 7) is 1.66. The van der Waals surface area contributed by atoms with Gasteiger partial charge in [0.1, 0.15) is 17.3 Å². The third kappa shape index (κ3) is 2.65. The number of carbonyl (C=O) groups is 1. The molecule has 0 saturated heterocycles. The van der Waals surface area contributed by atoms with E-state index in [4.69, 9.17) is 5.11 Å². The summed E-state index contributed by atoms with van der Waals surface area (Å²) in [7, 11) is 0. The van der Waals surface area contributed by atoms with E-state index in [0.717, 1.165) is 6.07 Å². The van der Waals surface area contributed by atoms with Crippen molar-refractivity contribution in [2.45, 2.75) is 6.92 Å². The van der Waals surface area contributed by atoms with Crippen molar-refractivity contribution in [1.29, 1.82) is 0 Å². The fourth-order valence-corrected chi connectivity index (χ4v) is 1.68. The van der Waals surface area contributed by atoms with Gasteiger partial charge in [-0.15, -0.1) is 0 Å². The number of halogens is 1. The van der Waals surface area contributed by atoms with E-state index in [1.807, 2.05) is 0 Å². The molecular formula is C14H12FNO3. The van der Waals surface area contributed by atoms with Crippen LogP contribution in [0.25, 0.3) is 0 Å². The zero-order chi connectivity index (χ0) is 14.0. The van der Waals surface area contributed by atoms with Crippen molar-refractivity contribution >= 4 is 11.6 Å². The smallest absolute Gasteiger partial charge is 0.259 e. The first-order valence-corrected chi connectivity index (χ1v) is 5.57. The van der Waals surface area contributed by atoms with Crippen molar-refractivity contribution in [2.75, 3.05) is 5.32 Å². The van der Waals surface area contributed by atoms with Gasteiger partial charge in [-0.2, -0.15) is 0 Å². The van der Waals surface area contributed by atoms with Gasteiger partial charge in [0, 0.05) is 6.07 Å². The Kier molecular flexibility index (Phi) is 3.37. The van der Waals surface area contributed by atoms with Crippen LogP contribution in [-0.4, -0.2) is 16.1 Å². The molecule has 0 spiro atoms. The van der Waals surface area contributed by atoms with Crippen LogP contribution in [0.15, 0.2) is 36.4 Å². The molecular weight excluding hydrogens is 249 g/mol. The summed E-state index contributed by atoms with van der Waals surface area (Å²) in [5.74, 6) is -1.72. The first kappa shape index (κ1) is 12.9. The molecule has 0 aliphatic carbocycles. The van der Waals surface area contributed by atoms with Crippen LogP contribution < -0.4 is 5.32 Å². The number of amides is 1. The summed E-state index contributed by atoms with van der Waals surface area (Å²) in [6.07, 6.45) is 0. The summed E-state index contributed by atoms with van der Waals surface area (Å²) in [5.41, 5.74) is 0.604. The van der Waals surface area contributed by atoms with Crippen LogP contribution >= 0.6 is 0 Å². The molecule has 0 aromatic heterocycles. The minimum Gasteiger partial charge on any atom is -0.508 e. The molecule has 0 aliphatic heterocycles. The molecule has 19 heavy (non-hydrogen) atoms. The van der Waals surface area contributed by atoms with Crippen molar-refractivity contribution in [3.63, 3.8) is 0 Å². The Balaban J connectivity index is 2.31. The summed E-state index contributed by atoms with van der Waals surface area (Å²) in [5, 5.41) is 21.1. The molecule has 0 radical (unpaired) electrons. The lowest BCUT2D eigenvalue weighted by molar-refractivity contribution is 0.102. The zero-order valence-electron chi connectivity index (χ0n) is 10.1. The predicted molar refractivity (Wildman–Crippen MR) is 68.9 cm³/mol. The molecule has 0 unspecified atom stereocenters. The van der Waals surface area contributed by atoms with Gasteiger partial charge in [0.25, 0.3) is 5.91 Å². The van der Waals surface area contributed by atoms with E-state index in [2.05, 4.69) is 5.32 Å². The lowest BCUT2D eigenvalue weighted by Gasteiger charge is -2.10. The van der Waals surface area contributed by atoms with E-state index in [1.165, 1.54) is 18.2 Å². The van der Waals surface area contributed by atoms with Gasteiger partial charge in [-0.3, -0.25) is 4.79 Å². The number of anilines is 1. The Morgan fingerprint density at radius 3 is 2.58 bits per heavy atom. The van der Waals surface area contributed by atoms with Crippen molar-refractivity contribution in [3.8, 4) is 11.5 Å². The molecule has 0 fully saturated rings. The molecule has 3 N–H and O–H groups in total. The average Bonchev–Trinajstić information content (AvgIpc) is 2.33. The van der Waals surface area contributed by atoms with Crippen molar-refractivity contribution in [1.82, 2.24) is 0 Å². The van der Waals surface area contributed by atoms with E-state index < -0.39 is 11.7 Å². The molecule has 0 heterocycles. The minimum atomic E-state index is -0.647. The summed E-state index contributed by atoms with van der Waals surface area (Å²) >= 11 is 0. The molecule has 0 saturated carbocycles. The predicted octanol–water partition coefficient (Wildman–Crippen LogP) is 2.80. The molecule has 5 heteroatoms. The highest BCUT2D eigenvalue weighted by molar-refractivity contribution is 6.06. The number of para-hydroxylation sites is 1. The molecule has 0 aliphatic rings. The number of phenols is 2. The standard InChI is InChI=1S/C14H12FNO3/c1-8-3-2-4-11(15)13(8)16-14(19)10-6-5-9(17)7-12(10)18/h2-7,17-18H,1H3,(H,16,19). The number of benzene rings is 2. The van der Waals surface area contributed by atoms with Crippen LogP contribution in [-0.2, 0) is 0 Å². The lowest BCUT2D eigenvalue weighted by Crippen LogP contribution is -2.14. The van der Waals surface area contributed by atoms with Gasteiger partial charge in [-0.05, 0) is 30.7 Å². The van der Waals surface area contributed by atoms with Crippen LogP contribution in [0, 0.1) is 12.7 Å². The van der Waals surface area contributed by atoms with Crippen molar-refractivity contribution in [3.05, 3.63) is 53.3 Å². The van der Waals surface area contributed by atoms with Crippen molar-refractivity contribution < 1.29 is 19.4 Å². The van der Waals surface area contributed by atoms with Gasteiger partial charge < -0.3 is 15.5 Å². The maximum absolute atomic E-state index is 13.6. The summed E-state index contributed by atoms with van der Waals surface area (Å²) < 4.78 is 13.6. The van der Waals surface area contributed by atoms with Gasteiger partial charge in [0.05, 0.1) is 11.3 Å². The Labute approximate surface area is 109 Å². The van der Waals surface area contributed by atoms with E-state index in [1.54, 1.807) is 19.1 Å². The number of nitrogens with one attached hydrogen (secondary N) is 1. The number of rotatable bonds is 2. The highest BCUT2D eigenvalue weighted by atomic mass is 19.1.